The van der Waals surface area contributed by atoms with Crippen LogP contribution >= 0.6 is 31.9 Å². The number of hydroxylamine groups is 1. The average Bonchev–Trinajstić information content (AvgIpc) is 0.845. The minimum absolute atomic E-state index is 0. The van der Waals surface area contributed by atoms with Crippen molar-refractivity contribution < 1.29 is 143 Å². The van der Waals surface area contributed by atoms with Gasteiger partial charge >= 0.3 is 76.8 Å². The zero-order valence-electron chi connectivity index (χ0n) is 75.4. The summed E-state index contributed by atoms with van der Waals surface area (Å²) < 4.78 is 35.6. The van der Waals surface area contributed by atoms with Crippen molar-refractivity contribution in [2.24, 2.45) is 0 Å². The number of carboxylic acids is 4. The molecule has 35 heteroatoms. The van der Waals surface area contributed by atoms with Gasteiger partial charge in [-0.25, -0.2) is 24.7 Å². The van der Waals surface area contributed by atoms with E-state index in [1.807, 2.05) is 97.1 Å². The number of carboxylic acid groups (broad SMARTS) is 4. The molecule has 0 radical (unpaired) electrons. The van der Waals surface area contributed by atoms with Gasteiger partial charge in [0.1, 0.15) is 0 Å². The number of hydrogen-bond donors (Lipinski definition) is 7. The number of hydrogen-bond acceptors (Lipinski definition) is 24. The van der Waals surface area contributed by atoms with Crippen LogP contribution in [0.2, 0.25) is 18.1 Å². The summed E-state index contributed by atoms with van der Waals surface area (Å²) in [5.74, 6) is -6.74. The van der Waals surface area contributed by atoms with Crippen LogP contribution in [-0.4, -0.2) is 185 Å². The fourth-order valence-electron chi connectivity index (χ4n) is 11.0. The Morgan fingerprint density at radius 2 is 0.676 bits per heavy atom. The third-order valence-corrected chi connectivity index (χ3v) is 24.0. The van der Waals surface area contributed by atoms with Gasteiger partial charge in [0.05, 0.1) is 141 Å². The van der Waals surface area contributed by atoms with Crippen LogP contribution in [0.5, 0.6) is 0 Å². The van der Waals surface area contributed by atoms with Gasteiger partial charge in [0.2, 0.25) is 11.8 Å². The number of nitriles is 1. The molecule has 10 aromatic rings. The first-order chi connectivity index (χ1) is 63.2. The number of aliphatic hydroxyl groups excluding tert-OH is 1. The van der Waals surface area contributed by atoms with Gasteiger partial charge in [-0.2, -0.15) is 5.26 Å². The smallest absolute Gasteiger partial charge is 0.512 e. The standard InChI is InChI=1S/C24H33NO4Si.C17H18N2O4.C11H12O4.C10H9NO2.C10H10O4.C9H9BrO2.C9H8O4.C8H7BrO2.CN.2CH4.Cu/c1-24(2,3)30(5,6)29-16-15-25(21-13-8-7-9-14-21)22(26)18-19-11-10-12-20(17-19)23(27)28-4;20-10-9-19(15-7-2-1-3-8-15)16(21)12-13-5-4-6-14(11-13)17(22)18-23;1-14-10(12)7-8-4-3-5-9(6-8)11(13)15-2;1-13-10(12)6-8-3-2-4-9(5-8)7-11;1-14-10(13)8-4-2-3-7(5-8)6-9(11)12;1-12-9(11)6-7-3-2-4-8(10)5-7;10-8(11)5-6-2-1-3-7(4-6)9(12)13;9-7-3-1-2-6(4-7)5-8(10)11;1-2;;;/h7-14,17H,15-16,18H2,1-6H3;1-8,11,20,23H,9-10,12H2,(H,18,22);3-6H,7H2,1-2H3;2-5H,6H2,1H3;2-5H,6H2,1H3,(H,11,12);2-5H,6H2,1H3;1-4H,5H2,(H,10,11)(H,12,13);1-4H,5H2,(H,10,11);;2*1H4;/q;;;;;;;;-1;;;+1. The van der Waals surface area contributed by atoms with E-state index in [1.165, 1.54) is 71.8 Å². The summed E-state index contributed by atoms with van der Waals surface area (Å²) in [6.07, 6.45) is 0.815. The van der Waals surface area contributed by atoms with Gasteiger partial charge in [-0.1, -0.05) is 201 Å². The summed E-state index contributed by atoms with van der Waals surface area (Å²) in [4.78, 5) is 149. The van der Waals surface area contributed by atoms with Gasteiger partial charge in [-0.05, 0) is 184 Å². The summed E-state index contributed by atoms with van der Waals surface area (Å²) in [6.45, 7) is 16.8. The number of aromatic carboxylic acids is 1. The second-order valence-corrected chi connectivity index (χ2v) is 35.9. The molecule has 0 aliphatic carbocycles. The number of nitrogens with zero attached hydrogens (tertiary/aromatic N) is 4. The molecule has 728 valence electrons. The molecule has 0 aliphatic rings. The van der Waals surface area contributed by atoms with E-state index in [0.717, 1.165) is 42.5 Å². The molecule has 0 unspecified atom stereocenters. The largest absolute Gasteiger partial charge is 1.00 e. The number of amides is 3. The first-order valence-corrected chi connectivity index (χ1v) is 44.7. The molecular weight excluding hydrogens is 1950 g/mol. The van der Waals surface area contributed by atoms with Crippen molar-refractivity contribution in [3.05, 3.63) is 348 Å². The van der Waals surface area contributed by atoms with Crippen LogP contribution in [0.15, 0.2) is 264 Å². The quantitative estimate of drug-likeness (QED) is 0.00571. The van der Waals surface area contributed by atoms with Crippen molar-refractivity contribution in [1.29, 1.82) is 10.5 Å². The third-order valence-electron chi connectivity index (χ3n) is 18.5. The zero-order valence-corrected chi connectivity index (χ0v) is 80.5. The van der Waals surface area contributed by atoms with Crippen molar-refractivity contribution in [3.8, 4) is 6.07 Å². The van der Waals surface area contributed by atoms with E-state index in [2.05, 4.69) is 89.4 Å². The van der Waals surface area contributed by atoms with Crippen molar-refractivity contribution in [1.82, 2.24) is 5.48 Å². The summed E-state index contributed by atoms with van der Waals surface area (Å²) in [7, 11) is 6.11. The van der Waals surface area contributed by atoms with Crippen LogP contribution in [0.4, 0.5) is 11.4 Å². The van der Waals surface area contributed by atoms with Gasteiger partial charge in [0, 0.05) is 39.0 Å². The van der Waals surface area contributed by atoms with Crippen LogP contribution in [0.25, 0.3) is 0 Å². The molecule has 0 saturated heterocycles. The number of nitrogens with one attached hydrogen (secondary N) is 1. The Kier molecular flexibility index (Phi) is 61.9. The molecule has 3 amide bonds. The predicted molar refractivity (Wildman–Crippen MR) is 517 cm³/mol. The SMILES string of the molecule is C.C.COC(=O)Cc1cccc(Br)c1.COC(=O)Cc1cccc(C#N)c1.COC(=O)Cc1cccc(C(=O)OC)c1.COC(=O)c1cccc(CC(=O)N(CCO[Si](C)(C)C(C)(C)C)c2ccccc2)c1.COC(=O)c1cccc(CC(=O)O)c1.O=C(NO)c1cccc(CC(=O)N(CCO)c2ccccc2)c1.O=C(O)Cc1cccc(Br)c1.O=C(O)Cc1cccc(C(=O)O)c1.[C-]#N.[Cu+]. The predicted octanol–water partition coefficient (Wildman–Crippen LogP) is 16.6. The molecule has 10 aromatic carbocycles. The molecule has 0 heterocycles. The number of carbonyl (C=O) groups excluding carboxylic acids is 9. The molecule has 136 heavy (non-hydrogen) atoms. The number of methoxy groups -OCH3 is 6. The molecule has 0 atom stereocenters. The van der Waals surface area contributed by atoms with Gasteiger partial charge in [0.15, 0.2) is 8.32 Å². The van der Waals surface area contributed by atoms with E-state index in [4.69, 9.17) is 51.9 Å². The number of halogens is 2. The number of esters is 6. The molecule has 0 saturated carbocycles. The number of anilines is 2. The molecule has 0 spiro atoms. The van der Waals surface area contributed by atoms with Crippen molar-refractivity contribution in [3.63, 3.8) is 0 Å². The first kappa shape index (κ1) is 124. The maximum absolute atomic E-state index is 13.2. The first-order valence-electron chi connectivity index (χ1n) is 40.2. The summed E-state index contributed by atoms with van der Waals surface area (Å²) in [5.41, 5.74) is 11.1. The Bertz CT molecular complexity index is 5540. The number of aliphatic carboxylic acids is 3. The number of ether oxygens (including phenoxy) is 6. The minimum atomic E-state index is -1.90. The van der Waals surface area contributed by atoms with Crippen LogP contribution in [-0.2, 0) is 140 Å². The van der Waals surface area contributed by atoms with Gasteiger partial charge in [0.25, 0.3) is 5.91 Å². The van der Waals surface area contributed by atoms with Crippen molar-refractivity contribution >= 4 is 129 Å². The number of rotatable bonds is 29. The second kappa shape index (κ2) is 67.9. The third kappa shape index (κ3) is 49.6. The average molecular weight is 2070 g/mol. The Balaban J connectivity index is 0. The minimum Gasteiger partial charge on any atom is -0.512 e. The normalized spacial score (nSPS) is 9.74. The molecular formula is C101H114Br2CuN5O26Si. The van der Waals surface area contributed by atoms with E-state index in [1.54, 1.807) is 150 Å². The molecule has 0 aromatic heterocycles. The van der Waals surface area contributed by atoms with E-state index in [0.29, 0.717) is 64.2 Å². The molecule has 10 rings (SSSR count). The number of carbonyl (C=O) groups is 13. The molecule has 0 fully saturated rings. The van der Waals surface area contributed by atoms with E-state index in [-0.39, 0.29) is 136 Å². The zero-order chi connectivity index (χ0) is 99.6. The number of para-hydroxylation sites is 2. The Morgan fingerprint density at radius 1 is 0.390 bits per heavy atom. The fourth-order valence-corrected chi connectivity index (χ4v) is 13.0. The Hall–Kier alpha value is -14.1. The van der Waals surface area contributed by atoms with Crippen LogP contribution in [0, 0.1) is 23.2 Å². The molecule has 0 bridgehead atoms. The Morgan fingerprint density at radius 3 is 0.985 bits per heavy atom. The Labute approximate surface area is 820 Å². The van der Waals surface area contributed by atoms with Gasteiger partial charge < -0.3 is 80.0 Å². The number of benzene rings is 10. The summed E-state index contributed by atoms with van der Waals surface area (Å²) in [5, 5.41) is 66.8. The second-order valence-electron chi connectivity index (χ2n) is 29.2. The molecule has 0 aliphatic heterocycles. The summed E-state index contributed by atoms with van der Waals surface area (Å²) in [6, 6.07) is 74.9. The topological polar surface area (TPSA) is 474 Å². The van der Waals surface area contributed by atoms with Crippen LogP contribution < -0.4 is 15.3 Å². The molecule has 7 N–H and O–H groups in total. The van der Waals surface area contributed by atoms with E-state index < -0.39 is 56.0 Å². The van der Waals surface area contributed by atoms with Crippen molar-refractivity contribution in [2.75, 3.05) is 78.8 Å². The van der Waals surface area contributed by atoms with Crippen LogP contribution in [0.3, 0.4) is 0 Å². The monoisotopic (exact) mass is 2060 g/mol. The maximum atomic E-state index is 13.2. The van der Waals surface area contributed by atoms with E-state index in [9.17, 15) is 67.4 Å². The number of aliphatic hydroxyl groups is 1. The van der Waals surface area contributed by atoms with E-state index >= 15 is 0 Å². The fraction of sp³-hybridized carbons (Fsp3) is 0.257. The van der Waals surface area contributed by atoms with Gasteiger partial charge in [-0.3, -0.25) is 48.4 Å². The summed E-state index contributed by atoms with van der Waals surface area (Å²) >= 11 is 6.58. The van der Waals surface area contributed by atoms with Crippen LogP contribution in [0.1, 0.15) is 137 Å². The van der Waals surface area contributed by atoms with Gasteiger partial charge in [-0.15, -0.1) is 0 Å². The molecule has 31 nitrogen and oxygen atoms in total. The maximum Gasteiger partial charge on any atom is 1.00 e. The van der Waals surface area contributed by atoms with Crippen molar-refractivity contribution in [2.45, 2.75) is 105 Å².